The third-order valence-electron chi connectivity index (χ3n) is 8.85. The smallest absolute Gasteiger partial charge is 0.355 e. The highest BCUT2D eigenvalue weighted by molar-refractivity contribution is 9.10. The first kappa shape index (κ1) is 34.5. The standard InChI is InChI=1S/C35H35BrN2O11/c1-5-25(36)33(42)49-35(6-2)24-13-27-31-21(14-38(27)32(41)23(24)16-46-34(35)43)22(20-9-7-8-10-26(20)37-31)15-45-30-12-11-28(47-19(4)40)29(48-30)17-44-18(3)39/h7-13,25,28-30H,5-6,14-17H2,1-4H3/t25?,28-,29?,30?,35-/m0/s1. The van der Waals surface area contributed by atoms with Crippen LogP contribution in [0.3, 0.4) is 0 Å². The number of alkyl halides is 1. The summed E-state index contributed by atoms with van der Waals surface area (Å²) in [5, 5.41) is 0.805. The van der Waals surface area contributed by atoms with Crippen molar-refractivity contribution < 1.29 is 47.6 Å². The maximum atomic E-state index is 14.1. The number of carbonyl (C=O) groups excluding carboxylic acids is 4. The Morgan fingerprint density at radius 3 is 2.59 bits per heavy atom. The van der Waals surface area contributed by atoms with Crippen molar-refractivity contribution in [2.45, 2.75) is 89.2 Å². The fourth-order valence-corrected chi connectivity index (χ4v) is 6.45. The SMILES string of the molecule is CCC(Br)C(=O)O[C@]1(CC)C(=O)OCc2c1cc1n(c2=O)Cc2c-1nc1ccccc1c2COC1C=C[C@H](OC(C)=O)C(COC(C)=O)O1. The molecule has 0 N–H and O–H groups in total. The minimum absolute atomic E-state index is 0.0447. The lowest BCUT2D eigenvalue weighted by Gasteiger charge is -2.36. The normalized spacial score (nSPS) is 22.8. The number of hydrogen-bond donors (Lipinski definition) is 0. The zero-order valence-electron chi connectivity index (χ0n) is 27.4. The first-order chi connectivity index (χ1) is 23.5. The molecule has 1 aromatic carbocycles. The van der Waals surface area contributed by atoms with Gasteiger partial charge in [-0.15, -0.1) is 0 Å². The van der Waals surface area contributed by atoms with Crippen LogP contribution in [0.25, 0.3) is 22.3 Å². The average Bonchev–Trinajstić information content (AvgIpc) is 3.45. The lowest BCUT2D eigenvalue weighted by molar-refractivity contribution is -0.200. The molecule has 0 aliphatic carbocycles. The van der Waals surface area contributed by atoms with Crippen LogP contribution in [0.2, 0.25) is 0 Å². The number of ether oxygens (including phenoxy) is 6. The van der Waals surface area contributed by atoms with E-state index in [2.05, 4.69) is 15.9 Å². The maximum absolute atomic E-state index is 14.1. The minimum Gasteiger partial charge on any atom is -0.463 e. The molecule has 3 aliphatic heterocycles. The topological polar surface area (TPSA) is 159 Å². The van der Waals surface area contributed by atoms with Crippen LogP contribution in [0, 0.1) is 0 Å². The molecule has 0 bridgehead atoms. The largest absolute Gasteiger partial charge is 0.463 e. The molecule has 3 unspecified atom stereocenters. The summed E-state index contributed by atoms with van der Waals surface area (Å²) in [6.07, 6.45) is 1.29. The number of carbonyl (C=O) groups is 4. The zero-order chi connectivity index (χ0) is 35.0. The van der Waals surface area contributed by atoms with Gasteiger partial charge in [0.2, 0.25) is 5.60 Å². The summed E-state index contributed by atoms with van der Waals surface area (Å²) >= 11 is 3.30. The minimum atomic E-state index is -1.80. The molecule has 13 nitrogen and oxygen atoms in total. The number of benzene rings is 1. The van der Waals surface area contributed by atoms with Gasteiger partial charge in [-0.3, -0.25) is 19.2 Å². The third-order valence-corrected chi connectivity index (χ3v) is 9.87. The summed E-state index contributed by atoms with van der Waals surface area (Å²) in [6.45, 7) is 5.86. The van der Waals surface area contributed by atoms with Crippen molar-refractivity contribution >= 4 is 50.7 Å². The van der Waals surface area contributed by atoms with E-state index < -0.39 is 52.8 Å². The third kappa shape index (κ3) is 6.40. The number of cyclic esters (lactones) is 1. The Balaban J connectivity index is 1.38. The summed E-state index contributed by atoms with van der Waals surface area (Å²) in [5.74, 6) is -2.39. The number of aromatic nitrogens is 2. The van der Waals surface area contributed by atoms with Crippen LogP contribution in [0.4, 0.5) is 0 Å². The van der Waals surface area contributed by atoms with Gasteiger partial charge in [0.05, 0.1) is 35.6 Å². The molecule has 0 spiro atoms. The number of esters is 4. The van der Waals surface area contributed by atoms with E-state index in [9.17, 15) is 24.0 Å². The molecule has 0 amide bonds. The molecule has 0 fully saturated rings. The molecule has 258 valence electrons. The second-order valence-corrected chi connectivity index (χ2v) is 13.0. The molecule has 2 aromatic heterocycles. The van der Waals surface area contributed by atoms with Crippen molar-refractivity contribution in [3.63, 3.8) is 0 Å². The molecule has 6 rings (SSSR count). The molecule has 0 radical (unpaired) electrons. The Morgan fingerprint density at radius 1 is 1.10 bits per heavy atom. The quantitative estimate of drug-likeness (QED) is 0.0995. The van der Waals surface area contributed by atoms with Gasteiger partial charge in [-0.2, -0.15) is 0 Å². The van der Waals surface area contributed by atoms with Crippen molar-refractivity contribution in [1.82, 2.24) is 9.55 Å². The molecule has 3 aliphatic rings. The number of nitrogens with zero attached hydrogens (tertiary/aromatic N) is 2. The van der Waals surface area contributed by atoms with Crippen molar-refractivity contribution in [3.05, 3.63) is 75.1 Å². The predicted molar refractivity (Wildman–Crippen MR) is 176 cm³/mol. The van der Waals surface area contributed by atoms with Crippen molar-refractivity contribution in [3.8, 4) is 11.4 Å². The summed E-state index contributed by atoms with van der Waals surface area (Å²) in [6, 6.07) is 9.20. The van der Waals surface area contributed by atoms with Crippen LogP contribution in [0.1, 0.15) is 62.8 Å². The van der Waals surface area contributed by atoms with Crippen LogP contribution in [-0.4, -0.2) is 63.4 Å². The monoisotopic (exact) mass is 738 g/mol. The van der Waals surface area contributed by atoms with Gasteiger partial charge < -0.3 is 33.0 Å². The Bertz CT molecular complexity index is 1940. The van der Waals surface area contributed by atoms with Gasteiger partial charge in [0, 0.05) is 30.4 Å². The van der Waals surface area contributed by atoms with Gasteiger partial charge in [0.1, 0.15) is 30.2 Å². The van der Waals surface area contributed by atoms with Gasteiger partial charge in [0.15, 0.2) is 6.29 Å². The van der Waals surface area contributed by atoms with E-state index in [1.54, 1.807) is 36.6 Å². The summed E-state index contributed by atoms with van der Waals surface area (Å²) in [7, 11) is 0. The van der Waals surface area contributed by atoms with Crippen molar-refractivity contribution in [2.24, 2.45) is 0 Å². The Morgan fingerprint density at radius 2 is 1.88 bits per heavy atom. The van der Waals surface area contributed by atoms with Gasteiger partial charge in [0.25, 0.3) is 5.56 Å². The molecule has 3 aromatic rings. The molecule has 49 heavy (non-hydrogen) atoms. The number of pyridine rings is 2. The Hall–Kier alpha value is -4.40. The molecular weight excluding hydrogens is 704 g/mol. The lowest BCUT2D eigenvalue weighted by atomic mass is 9.85. The highest BCUT2D eigenvalue weighted by atomic mass is 79.9. The summed E-state index contributed by atoms with van der Waals surface area (Å²) < 4.78 is 35.6. The van der Waals surface area contributed by atoms with Crippen LogP contribution in [0.5, 0.6) is 0 Å². The highest BCUT2D eigenvalue weighted by Gasteiger charge is 2.51. The molecule has 5 heterocycles. The van der Waals surface area contributed by atoms with E-state index in [1.807, 2.05) is 24.3 Å². The fraction of sp³-hybridized carbons (Fsp3) is 0.429. The fourth-order valence-electron chi connectivity index (χ4n) is 6.36. The van der Waals surface area contributed by atoms with Gasteiger partial charge >= 0.3 is 23.9 Å². The Kier molecular flexibility index (Phi) is 9.74. The van der Waals surface area contributed by atoms with E-state index in [0.29, 0.717) is 23.3 Å². The molecular formula is C35H35BrN2O11. The maximum Gasteiger partial charge on any atom is 0.355 e. The van der Waals surface area contributed by atoms with Crippen LogP contribution in [-0.2, 0) is 73.0 Å². The highest BCUT2D eigenvalue weighted by Crippen LogP contribution is 2.42. The first-order valence-corrected chi connectivity index (χ1v) is 16.9. The van der Waals surface area contributed by atoms with E-state index in [-0.39, 0.29) is 49.5 Å². The van der Waals surface area contributed by atoms with Crippen LogP contribution < -0.4 is 5.56 Å². The Labute approximate surface area is 289 Å². The van der Waals surface area contributed by atoms with E-state index in [0.717, 1.165) is 16.5 Å². The second kappa shape index (κ2) is 13.8. The van der Waals surface area contributed by atoms with Gasteiger partial charge in [-0.1, -0.05) is 48.0 Å². The van der Waals surface area contributed by atoms with Crippen LogP contribution >= 0.6 is 15.9 Å². The predicted octanol–water partition coefficient (Wildman–Crippen LogP) is 4.10. The van der Waals surface area contributed by atoms with Crippen LogP contribution in [0.15, 0.2) is 47.3 Å². The molecule has 5 atom stereocenters. The lowest BCUT2D eigenvalue weighted by Crippen LogP contribution is -2.48. The first-order valence-electron chi connectivity index (χ1n) is 16.0. The number of rotatable bonds is 10. The van der Waals surface area contributed by atoms with E-state index in [4.69, 9.17) is 33.4 Å². The molecule has 0 saturated heterocycles. The second-order valence-electron chi connectivity index (χ2n) is 11.9. The molecule has 14 heteroatoms. The van der Waals surface area contributed by atoms with Gasteiger partial charge in [-0.05, 0) is 42.7 Å². The number of halogens is 1. The average molecular weight is 740 g/mol. The van der Waals surface area contributed by atoms with E-state index in [1.165, 1.54) is 13.8 Å². The van der Waals surface area contributed by atoms with Gasteiger partial charge in [-0.25, -0.2) is 9.78 Å². The summed E-state index contributed by atoms with van der Waals surface area (Å²) in [5.41, 5.74) is 1.50. The zero-order valence-corrected chi connectivity index (χ0v) is 28.9. The van der Waals surface area contributed by atoms with E-state index >= 15 is 0 Å². The number of para-hydroxylation sites is 1. The van der Waals surface area contributed by atoms with Crippen molar-refractivity contribution in [1.29, 1.82) is 0 Å². The summed E-state index contributed by atoms with van der Waals surface area (Å²) in [4.78, 5) is 67.8. The number of hydrogen-bond acceptors (Lipinski definition) is 12. The van der Waals surface area contributed by atoms with Crippen molar-refractivity contribution in [2.75, 3.05) is 6.61 Å². The number of fused-ring (bicyclic) bond motifs is 5. The molecule has 0 saturated carbocycles.